The van der Waals surface area contributed by atoms with E-state index in [0.29, 0.717) is 6.42 Å². The van der Waals surface area contributed by atoms with Crippen molar-refractivity contribution in [2.24, 2.45) is 11.3 Å². The van der Waals surface area contributed by atoms with Crippen LogP contribution in [0.25, 0.3) is 0 Å². The van der Waals surface area contributed by atoms with Crippen molar-refractivity contribution in [1.29, 1.82) is 0 Å². The van der Waals surface area contributed by atoms with E-state index in [1.165, 1.54) is 0 Å². The summed E-state index contributed by atoms with van der Waals surface area (Å²) in [5.41, 5.74) is 0.216. The van der Waals surface area contributed by atoms with Crippen molar-refractivity contribution in [3.8, 4) is 0 Å². The molecule has 0 radical (unpaired) electrons. The van der Waals surface area contributed by atoms with Crippen LogP contribution in [0.3, 0.4) is 0 Å². The lowest BCUT2D eigenvalue weighted by atomic mass is 9.82. The molecule has 5 nitrogen and oxygen atoms in total. The van der Waals surface area contributed by atoms with Crippen LogP contribution in [0, 0.1) is 11.3 Å². The second-order valence-corrected chi connectivity index (χ2v) is 6.35. The Morgan fingerprint density at radius 1 is 1.30 bits per heavy atom. The molecule has 1 saturated heterocycles. The van der Waals surface area contributed by atoms with Crippen molar-refractivity contribution >= 4 is 12.0 Å². The summed E-state index contributed by atoms with van der Waals surface area (Å²) in [4.78, 5) is 25.2. The third-order valence-electron chi connectivity index (χ3n) is 4.53. The normalized spacial score (nSPS) is 19.1. The number of likely N-dealkylation sites (tertiary alicyclic amines) is 1. The summed E-state index contributed by atoms with van der Waals surface area (Å²) < 4.78 is 0. The van der Waals surface area contributed by atoms with Crippen LogP contribution in [-0.2, 0) is 4.79 Å². The van der Waals surface area contributed by atoms with Crippen molar-refractivity contribution in [3.05, 3.63) is 0 Å². The maximum absolute atomic E-state index is 12.2. The molecule has 1 rings (SSSR count). The van der Waals surface area contributed by atoms with Gasteiger partial charge in [-0.25, -0.2) is 9.59 Å². The molecular weight excluding hydrogens is 256 g/mol. The predicted molar refractivity (Wildman–Crippen MR) is 78.6 cm³/mol. The first-order valence-electron chi connectivity index (χ1n) is 7.61. The summed E-state index contributed by atoms with van der Waals surface area (Å²) in [6, 6.07) is -1.03. The van der Waals surface area contributed by atoms with Gasteiger partial charge in [-0.05, 0) is 37.0 Å². The number of hydrogen-bond acceptors (Lipinski definition) is 2. The van der Waals surface area contributed by atoms with Crippen LogP contribution in [0.5, 0.6) is 0 Å². The number of carbonyl (C=O) groups excluding carboxylic acids is 1. The van der Waals surface area contributed by atoms with Crippen LogP contribution in [0.2, 0.25) is 0 Å². The molecule has 1 fully saturated rings. The van der Waals surface area contributed by atoms with E-state index in [9.17, 15) is 14.7 Å². The van der Waals surface area contributed by atoms with Crippen LogP contribution >= 0.6 is 0 Å². The third-order valence-corrected chi connectivity index (χ3v) is 4.53. The van der Waals surface area contributed by atoms with Crippen LogP contribution in [0.15, 0.2) is 0 Å². The molecule has 2 N–H and O–H groups in total. The second-order valence-electron chi connectivity index (χ2n) is 6.35. The highest BCUT2D eigenvalue weighted by Crippen LogP contribution is 2.36. The number of hydrogen-bond donors (Lipinski definition) is 2. The Hall–Kier alpha value is -1.26. The fourth-order valence-corrected chi connectivity index (χ4v) is 2.87. The van der Waals surface area contributed by atoms with Crippen molar-refractivity contribution in [2.45, 2.75) is 59.4 Å². The Morgan fingerprint density at radius 2 is 1.90 bits per heavy atom. The topological polar surface area (TPSA) is 69.6 Å². The number of amides is 2. The van der Waals surface area contributed by atoms with Gasteiger partial charge in [0.15, 0.2) is 0 Å². The number of nitrogens with one attached hydrogen (secondary N) is 1. The Kier molecular flexibility index (Phi) is 5.84. The Balaban J connectivity index is 2.60. The summed E-state index contributed by atoms with van der Waals surface area (Å²) >= 11 is 0. The molecule has 0 aliphatic carbocycles. The average molecular weight is 284 g/mol. The lowest BCUT2D eigenvalue weighted by molar-refractivity contribution is -0.139. The SMILES string of the molecule is CCC1(CC)CCN(C(=O)NC(CC(C)C)C(=O)O)C1. The van der Waals surface area contributed by atoms with Gasteiger partial charge in [0.05, 0.1) is 0 Å². The van der Waals surface area contributed by atoms with Gasteiger partial charge in [-0.3, -0.25) is 0 Å². The molecule has 0 aromatic rings. The number of urea groups is 1. The molecule has 1 atom stereocenters. The Morgan fingerprint density at radius 3 is 2.30 bits per heavy atom. The summed E-state index contributed by atoms with van der Waals surface area (Å²) in [6.45, 7) is 9.68. The van der Waals surface area contributed by atoms with Crippen LogP contribution < -0.4 is 5.32 Å². The smallest absolute Gasteiger partial charge is 0.326 e. The predicted octanol–water partition coefficient (Wildman–Crippen LogP) is 2.71. The molecule has 5 heteroatoms. The van der Waals surface area contributed by atoms with E-state index in [2.05, 4.69) is 19.2 Å². The molecule has 1 heterocycles. The highest BCUT2D eigenvalue weighted by atomic mass is 16.4. The van der Waals surface area contributed by atoms with E-state index >= 15 is 0 Å². The van der Waals surface area contributed by atoms with Gasteiger partial charge in [0.1, 0.15) is 6.04 Å². The summed E-state index contributed by atoms with van der Waals surface area (Å²) in [7, 11) is 0. The number of carbonyl (C=O) groups is 2. The van der Waals surface area contributed by atoms with E-state index in [1.807, 2.05) is 13.8 Å². The average Bonchev–Trinajstić information content (AvgIpc) is 2.82. The standard InChI is InChI=1S/C15H28N2O3/c1-5-15(6-2)7-8-17(10-15)14(20)16-12(13(18)19)9-11(3)4/h11-12H,5-10H2,1-4H3,(H,16,20)(H,18,19). The molecular formula is C15H28N2O3. The lowest BCUT2D eigenvalue weighted by Gasteiger charge is -2.27. The van der Waals surface area contributed by atoms with Gasteiger partial charge in [0.2, 0.25) is 0 Å². The quantitative estimate of drug-likeness (QED) is 0.788. The molecule has 0 saturated carbocycles. The maximum atomic E-state index is 12.2. The first kappa shape index (κ1) is 16.8. The van der Waals surface area contributed by atoms with E-state index in [0.717, 1.165) is 32.4 Å². The van der Waals surface area contributed by atoms with Crippen LogP contribution in [0.1, 0.15) is 53.4 Å². The minimum absolute atomic E-state index is 0.216. The molecule has 0 aromatic heterocycles. The van der Waals surface area contributed by atoms with Crippen molar-refractivity contribution in [2.75, 3.05) is 13.1 Å². The minimum Gasteiger partial charge on any atom is -0.480 e. The molecule has 20 heavy (non-hydrogen) atoms. The van der Waals surface area contributed by atoms with Crippen LogP contribution in [-0.4, -0.2) is 41.1 Å². The first-order valence-corrected chi connectivity index (χ1v) is 7.61. The maximum Gasteiger partial charge on any atom is 0.326 e. The zero-order valence-electron chi connectivity index (χ0n) is 13.1. The lowest BCUT2D eigenvalue weighted by Crippen LogP contribution is -2.48. The summed E-state index contributed by atoms with van der Waals surface area (Å²) in [6.07, 6.45) is 3.58. The highest BCUT2D eigenvalue weighted by Gasteiger charge is 2.37. The summed E-state index contributed by atoms with van der Waals surface area (Å²) in [5.74, 6) is -0.719. The molecule has 2 amide bonds. The largest absolute Gasteiger partial charge is 0.480 e. The molecule has 1 aliphatic rings. The Bertz CT molecular complexity index is 351. The third kappa shape index (κ3) is 4.12. The van der Waals surface area contributed by atoms with Gasteiger partial charge >= 0.3 is 12.0 Å². The van der Waals surface area contributed by atoms with Crippen molar-refractivity contribution < 1.29 is 14.7 Å². The second kappa shape index (κ2) is 6.95. The molecule has 0 bridgehead atoms. The molecule has 1 aliphatic heterocycles. The number of carboxylic acid groups (broad SMARTS) is 1. The zero-order chi connectivity index (χ0) is 15.3. The van der Waals surface area contributed by atoms with E-state index in [1.54, 1.807) is 4.90 Å². The van der Waals surface area contributed by atoms with Gasteiger partial charge in [-0.15, -0.1) is 0 Å². The zero-order valence-corrected chi connectivity index (χ0v) is 13.1. The highest BCUT2D eigenvalue weighted by molar-refractivity contribution is 5.82. The van der Waals surface area contributed by atoms with Gasteiger partial charge in [-0.1, -0.05) is 27.7 Å². The van der Waals surface area contributed by atoms with Gasteiger partial charge < -0.3 is 15.3 Å². The van der Waals surface area contributed by atoms with Gasteiger partial charge in [0, 0.05) is 13.1 Å². The fraction of sp³-hybridized carbons (Fsp3) is 0.867. The van der Waals surface area contributed by atoms with Gasteiger partial charge in [-0.2, -0.15) is 0 Å². The number of rotatable bonds is 6. The van der Waals surface area contributed by atoms with E-state index < -0.39 is 12.0 Å². The Labute approximate surface area is 121 Å². The molecule has 0 spiro atoms. The molecule has 116 valence electrons. The first-order chi connectivity index (χ1) is 9.33. The number of carboxylic acids is 1. The van der Waals surface area contributed by atoms with Crippen LogP contribution in [0.4, 0.5) is 4.79 Å². The summed E-state index contributed by atoms with van der Waals surface area (Å²) in [5, 5.41) is 11.8. The van der Waals surface area contributed by atoms with E-state index in [4.69, 9.17) is 0 Å². The van der Waals surface area contributed by atoms with Crippen molar-refractivity contribution in [3.63, 3.8) is 0 Å². The van der Waals surface area contributed by atoms with Gasteiger partial charge in [0.25, 0.3) is 0 Å². The molecule has 1 unspecified atom stereocenters. The van der Waals surface area contributed by atoms with Crippen molar-refractivity contribution in [1.82, 2.24) is 10.2 Å². The fourth-order valence-electron chi connectivity index (χ4n) is 2.87. The minimum atomic E-state index is -0.955. The molecule has 0 aromatic carbocycles. The monoisotopic (exact) mass is 284 g/mol. The number of nitrogens with zero attached hydrogens (tertiary/aromatic N) is 1. The number of aliphatic carboxylic acids is 1. The van der Waals surface area contributed by atoms with E-state index in [-0.39, 0.29) is 17.4 Å².